The van der Waals surface area contributed by atoms with Crippen molar-refractivity contribution in [3.63, 3.8) is 0 Å². The van der Waals surface area contributed by atoms with Gasteiger partial charge in [0.05, 0.1) is 12.1 Å². The van der Waals surface area contributed by atoms with Crippen LogP contribution in [-0.2, 0) is 9.59 Å². The molecule has 1 aliphatic rings. The number of hydrogen-bond donors (Lipinski definition) is 4. The van der Waals surface area contributed by atoms with Crippen molar-refractivity contribution in [2.45, 2.75) is 51.2 Å². The van der Waals surface area contributed by atoms with E-state index in [4.69, 9.17) is 5.11 Å². The number of benzene rings is 1. The van der Waals surface area contributed by atoms with E-state index in [1.54, 1.807) is 24.3 Å². The van der Waals surface area contributed by atoms with E-state index < -0.39 is 0 Å². The van der Waals surface area contributed by atoms with E-state index in [2.05, 4.69) is 22.9 Å². The van der Waals surface area contributed by atoms with Gasteiger partial charge in [-0.15, -0.1) is 0 Å². The summed E-state index contributed by atoms with van der Waals surface area (Å²) in [4.78, 5) is 32.4. The molecule has 1 saturated heterocycles. The van der Waals surface area contributed by atoms with Crippen LogP contribution >= 0.6 is 0 Å². The average Bonchev–Trinajstić information content (AvgIpc) is 2.74. The molecule has 0 aromatic heterocycles. The molecule has 1 heterocycles. The van der Waals surface area contributed by atoms with Gasteiger partial charge in [-0.1, -0.05) is 38.5 Å². The Morgan fingerprint density at radius 2 is 1.89 bits per heavy atom. The number of carbonyl (C=O) groups excluding carboxylic acids is 3. The highest BCUT2D eigenvalue weighted by Crippen LogP contribution is 2.00. The standard InChI is InChI=1S/C11H13NO2.C8H16N2O.CH4O/c1-2-10(8-13)12-11(14)9-6-4-3-5-7-9;1-2-3-7-4-9-5-8(6-11)10-7;1-2/h3-8,10H,2H2,1H3,(H,12,14);6-10H,2-5H2,1H3;2H,1H3. The first-order chi connectivity index (χ1) is 13.1. The number of nitrogens with one attached hydrogen (secondary N) is 3. The van der Waals surface area contributed by atoms with Crippen molar-refractivity contribution in [3.05, 3.63) is 35.9 Å². The summed E-state index contributed by atoms with van der Waals surface area (Å²) in [5.74, 6) is -0.204. The van der Waals surface area contributed by atoms with Gasteiger partial charge in [0.2, 0.25) is 0 Å². The van der Waals surface area contributed by atoms with Gasteiger partial charge in [0, 0.05) is 31.8 Å². The second-order valence-electron chi connectivity index (χ2n) is 6.04. The largest absolute Gasteiger partial charge is 0.400 e. The minimum atomic E-state index is -0.386. The second kappa shape index (κ2) is 16.1. The van der Waals surface area contributed by atoms with E-state index >= 15 is 0 Å². The van der Waals surface area contributed by atoms with Crippen molar-refractivity contribution in [2.24, 2.45) is 0 Å². The van der Waals surface area contributed by atoms with Gasteiger partial charge in [-0.05, 0) is 25.0 Å². The SMILES string of the molecule is CCC(C=O)NC(=O)c1ccccc1.CCCC1CNCC(C=O)N1.CO. The van der Waals surface area contributed by atoms with Crippen molar-refractivity contribution in [2.75, 3.05) is 20.2 Å². The summed E-state index contributed by atoms with van der Waals surface area (Å²) in [5, 5.41) is 16.1. The van der Waals surface area contributed by atoms with Gasteiger partial charge >= 0.3 is 0 Å². The van der Waals surface area contributed by atoms with Crippen LogP contribution < -0.4 is 16.0 Å². The Hall–Kier alpha value is -2.09. The molecule has 7 heteroatoms. The van der Waals surface area contributed by atoms with Crippen molar-refractivity contribution < 1.29 is 19.5 Å². The van der Waals surface area contributed by atoms with Crippen LogP contribution in [0.3, 0.4) is 0 Å². The Labute approximate surface area is 161 Å². The number of aliphatic hydroxyl groups is 1. The first kappa shape index (κ1) is 24.9. The Morgan fingerprint density at radius 1 is 1.22 bits per heavy atom. The van der Waals surface area contributed by atoms with Crippen LogP contribution in [0.1, 0.15) is 43.5 Å². The number of rotatable bonds is 7. The van der Waals surface area contributed by atoms with Gasteiger partial charge in [0.1, 0.15) is 12.6 Å². The molecule has 1 amide bonds. The molecule has 2 rings (SSSR count). The minimum absolute atomic E-state index is 0.0281. The predicted octanol–water partition coefficient (Wildman–Crippen LogP) is 0.918. The molecule has 0 spiro atoms. The molecule has 152 valence electrons. The molecule has 0 radical (unpaired) electrons. The lowest BCUT2D eigenvalue weighted by molar-refractivity contribution is -0.110. The van der Waals surface area contributed by atoms with Gasteiger partial charge in [0.15, 0.2) is 0 Å². The van der Waals surface area contributed by atoms with Crippen LogP contribution in [-0.4, -0.2) is 61.9 Å². The van der Waals surface area contributed by atoms with Crippen molar-refractivity contribution in [1.82, 2.24) is 16.0 Å². The molecule has 1 aliphatic heterocycles. The Bertz CT molecular complexity index is 523. The zero-order valence-electron chi connectivity index (χ0n) is 16.5. The van der Waals surface area contributed by atoms with Crippen LogP contribution in [0.2, 0.25) is 0 Å². The molecule has 7 nitrogen and oxygen atoms in total. The normalized spacial score (nSPS) is 19.3. The van der Waals surface area contributed by atoms with Crippen molar-refractivity contribution in [3.8, 4) is 0 Å². The van der Waals surface area contributed by atoms with E-state index in [-0.39, 0.29) is 18.0 Å². The summed E-state index contributed by atoms with van der Waals surface area (Å²) in [6, 6.07) is 8.98. The van der Waals surface area contributed by atoms with Gasteiger partial charge in [-0.3, -0.25) is 4.79 Å². The number of aliphatic hydroxyl groups excluding tert-OH is 1. The van der Waals surface area contributed by atoms with Crippen LogP contribution in [0.5, 0.6) is 0 Å². The van der Waals surface area contributed by atoms with Crippen molar-refractivity contribution >= 4 is 18.5 Å². The fourth-order valence-electron chi connectivity index (χ4n) is 2.53. The third-order valence-corrected chi connectivity index (χ3v) is 3.96. The third-order valence-electron chi connectivity index (χ3n) is 3.96. The number of hydrogen-bond acceptors (Lipinski definition) is 6. The molecule has 3 atom stereocenters. The average molecular weight is 380 g/mol. The minimum Gasteiger partial charge on any atom is -0.400 e. The number of amides is 1. The number of piperazine rings is 1. The van der Waals surface area contributed by atoms with Crippen molar-refractivity contribution in [1.29, 1.82) is 0 Å². The molecular weight excluding hydrogens is 346 g/mol. The van der Waals surface area contributed by atoms with Gasteiger partial charge in [-0.2, -0.15) is 0 Å². The van der Waals surface area contributed by atoms with E-state index in [0.717, 1.165) is 39.2 Å². The van der Waals surface area contributed by atoms with Crippen LogP contribution in [0.15, 0.2) is 30.3 Å². The molecule has 27 heavy (non-hydrogen) atoms. The quantitative estimate of drug-likeness (QED) is 0.525. The lowest BCUT2D eigenvalue weighted by atomic mass is 10.1. The van der Waals surface area contributed by atoms with Crippen LogP contribution in [0.4, 0.5) is 0 Å². The van der Waals surface area contributed by atoms with Gasteiger partial charge in [-0.25, -0.2) is 0 Å². The number of carbonyl (C=O) groups is 3. The zero-order chi connectivity index (χ0) is 20.5. The second-order valence-corrected chi connectivity index (χ2v) is 6.04. The topological polar surface area (TPSA) is 108 Å². The highest BCUT2D eigenvalue weighted by molar-refractivity contribution is 5.95. The summed E-state index contributed by atoms with van der Waals surface area (Å²) in [6.07, 6.45) is 4.67. The summed E-state index contributed by atoms with van der Waals surface area (Å²) in [6.45, 7) is 5.79. The highest BCUT2D eigenvalue weighted by Gasteiger charge is 2.18. The molecule has 3 unspecified atom stereocenters. The molecule has 0 bridgehead atoms. The monoisotopic (exact) mass is 379 g/mol. The van der Waals surface area contributed by atoms with Gasteiger partial charge in [0.25, 0.3) is 5.91 Å². The maximum Gasteiger partial charge on any atom is 0.251 e. The molecular formula is C20H33N3O4. The molecule has 4 N–H and O–H groups in total. The number of aldehydes is 2. The maximum absolute atomic E-state index is 11.5. The fourth-order valence-corrected chi connectivity index (χ4v) is 2.53. The molecule has 1 aromatic rings. The smallest absolute Gasteiger partial charge is 0.251 e. The first-order valence-corrected chi connectivity index (χ1v) is 9.32. The van der Waals surface area contributed by atoms with E-state index in [9.17, 15) is 14.4 Å². The lowest BCUT2D eigenvalue weighted by Gasteiger charge is -2.28. The third kappa shape index (κ3) is 10.6. The summed E-state index contributed by atoms with van der Waals surface area (Å²) < 4.78 is 0. The Balaban J connectivity index is 0.000000469. The summed E-state index contributed by atoms with van der Waals surface area (Å²) in [7, 11) is 1.00. The summed E-state index contributed by atoms with van der Waals surface area (Å²) in [5.41, 5.74) is 0.577. The van der Waals surface area contributed by atoms with Crippen LogP contribution in [0, 0.1) is 0 Å². The first-order valence-electron chi connectivity index (χ1n) is 9.32. The lowest BCUT2D eigenvalue weighted by Crippen LogP contribution is -2.55. The van der Waals surface area contributed by atoms with Crippen LogP contribution in [0.25, 0.3) is 0 Å². The van der Waals surface area contributed by atoms with E-state index in [1.165, 1.54) is 6.42 Å². The predicted molar refractivity (Wildman–Crippen MR) is 107 cm³/mol. The molecule has 1 fully saturated rings. The Kier molecular flexibility index (Phi) is 14.9. The molecule has 0 aliphatic carbocycles. The zero-order valence-corrected chi connectivity index (χ0v) is 16.5. The highest BCUT2D eigenvalue weighted by atomic mass is 16.2. The Morgan fingerprint density at radius 3 is 2.41 bits per heavy atom. The van der Waals surface area contributed by atoms with E-state index in [0.29, 0.717) is 18.0 Å². The molecule has 0 saturated carbocycles. The fraction of sp³-hybridized carbons (Fsp3) is 0.550. The maximum atomic E-state index is 11.5. The van der Waals surface area contributed by atoms with Gasteiger partial charge < -0.3 is 30.6 Å². The summed E-state index contributed by atoms with van der Waals surface area (Å²) >= 11 is 0. The molecule has 1 aromatic carbocycles. The van der Waals surface area contributed by atoms with E-state index in [1.807, 2.05) is 13.0 Å².